The lowest BCUT2D eigenvalue weighted by atomic mass is 9.85. The van der Waals surface area contributed by atoms with E-state index in [0.717, 1.165) is 56.4 Å². The van der Waals surface area contributed by atoms with Crippen LogP contribution in [0, 0.1) is 11.8 Å². The molecule has 0 radical (unpaired) electrons. The van der Waals surface area contributed by atoms with Gasteiger partial charge in [0.2, 0.25) is 0 Å². The number of hydrogen-bond acceptors (Lipinski definition) is 4. The molecule has 1 heterocycles. The molecule has 1 saturated heterocycles. The highest BCUT2D eigenvalue weighted by Crippen LogP contribution is 2.39. The fourth-order valence-corrected chi connectivity index (χ4v) is 4.57. The Morgan fingerprint density at radius 1 is 1.15 bits per heavy atom. The van der Waals surface area contributed by atoms with Gasteiger partial charge in [0, 0.05) is 18.0 Å². The summed E-state index contributed by atoms with van der Waals surface area (Å²) in [5.41, 5.74) is 3.06. The third-order valence-electron chi connectivity index (χ3n) is 6.08. The molecule has 0 saturated carbocycles. The third kappa shape index (κ3) is 3.86. The molecular formula is C23H27NO3. The van der Waals surface area contributed by atoms with Crippen LogP contribution in [0.3, 0.4) is 0 Å². The maximum atomic E-state index is 12.8. The molecule has 1 aliphatic heterocycles. The number of carbonyl (C=O) groups excluding carboxylic acids is 1. The van der Waals surface area contributed by atoms with Crippen molar-refractivity contribution in [1.82, 2.24) is 4.90 Å². The zero-order chi connectivity index (χ0) is 18.8. The van der Waals surface area contributed by atoms with Crippen molar-refractivity contribution in [3.8, 4) is 11.5 Å². The van der Waals surface area contributed by atoms with Crippen molar-refractivity contribution in [2.24, 2.45) is 11.8 Å². The minimum Gasteiger partial charge on any atom is -0.504 e. The van der Waals surface area contributed by atoms with Crippen molar-refractivity contribution in [3.63, 3.8) is 0 Å². The molecule has 4 rings (SSSR count). The SMILES string of the molecule is COc1cc2c(cc1O)CC(CC1CCN(Cc3ccccc3)CC1)C2=O. The Morgan fingerprint density at radius 2 is 1.89 bits per heavy atom. The van der Waals surface area contributed by atoms with Gasteiger partial charge in [-0.3, -0.25) is 9.69 Å². The average Bonchev–Trinajstić information content (AvgIpc) is 2.98. The fourth-order valence-electron chi connectivity index (χ4n) is 4.57. The summed E-state index contributed by atoms with van der Waals surface area (Å²) in [7, 11) is 1.52. The molecule has 27 heavy (non-hydrogen) atoms. The van der Waals surface area contributed by atoms with Crippen molar-refractivity contribution in [1.29, 1.82) is 0 Å². The van der Waals surface area contributed by atoms with E-state index in [2.05, 4.69) is 35.2 Å². The lowest BCUT2D eigenvalue weighted by Gasteiger charge is -2.32. The van der Waals surface area contributed by atoms with Crippen LogP contribution in [-0.2, 0) is 13.0 Å². The number of fused-ring (bicyclic) bond motifs is 1. The molecule has 1 fully saturated rings. The van der Waals surface area contributed by atoms with Gasteiger partial charge >= 0.3 is 0 Å². The number of likely N-dealkylation sites (tertiary alicyclic amines) is 1. The average molecular weight is 365 g/mol. The molecule has 142 valence electrons. The molecule has 1 unspecified atom stereocenters. The van der Waals surface area contributed by atoms with Gasteiger partial charge in [-0.2, -0.15) is 0 Å². The standard InChI is InChI=1S/C23H27NO3/c1-27-22-14-20-18(13-21(22)25)12-19(23(20)26)11-16-7-9-24(10-8-16)15-17-5-3-2-4-6-17/h2-6,13-14,16,19,25H,7-12,15H2,1H3. The van der Waals surface area contributed by atoms with Crippen LogP contribution in [0.4, 0.5) is 0 Å². The van der Waals surface area contributed by atoms with E-state index in [4.69, 9.17) is 4.74 Å². The minimum absolute atomic E-state index is 0.0529. The first-order valence-corrected chi connectivity index (χ1v) is 9.84. The quantitative estimate of drug-likeness (QED) is 0.868. The molecule has 0 amide bonds. The fraction of sp³-hybridized carbons (Fsp3) is 0.435. The number of Topliss-reactive ketones (excluding diaryl/α,β-unsaturated/α-hetero) is 1. The van der Waals surface area contributed by atoms with Crippen molar-refractivity contribution in [2.45, 2.75) is 32.2 Å². The van der Waals surface area contributed by atoms with E-state index in [1.54, 1.807) is 12.1 Å². The van der Waals surface area contributed by atoms with Crippen LogP contribution < -0.4 is 4.74 Å². The molecule has 1 N–H and O–H groups in total. The number of phenols is 1. The highest BCUT2D eigenvalue weighted by Gasteiger charge is 2.34. The summed E-state index contributed by atoms with van der Waals surface area (Å²) in [4.78, 5) is 15.3. The van der Waals surface area contributed by atoms with Crippen molar-refractivity contribution >= 4 is 5.78 Å². The van der Waals surface area contributed by atoms with E-state index in [1.165, 1.54) is 12.7 Å². The summed E-state index contributed by atoms with van der Waals surface area (Å²) >= 11 is 0. The van der Waals surface area contributed by atoms with Crippen LogP contribution in [0.1, 0.15) is 40.7 Å². The number of piperidine rings is 1. The van der Waals surface area contributed by atoms with Gasteiger partial charge in [0.1, 0.15) is 0 Å². The summed E-state index contributed by atoms with van der Waals surface area (Å²) in [6.45, 7) is 3.21. The van der Waals surface area contributed by atoms with E-state index >= 15 is 0 Å². The molecule has 0 bridgehead atoms. The monoisotopic (exact) mass is 365 g/mol. The number of phenolic OH excluding ortho intramolecular Hbond substituents is 1. The highest BCUT2D eigenvalue weighted by molar-refractivity contribution is 6.02. The third-order valence-corrected chi connectivity index (χ3v) is 6.08. The maximum absolute atomic E-state index is 12.8. The Balaban J connectivity index is 1.32. The number of nitrogens with zero attached hydrogens (tertiary/aromatic N) is 1. The first-order chi connectivity index (χ1) is 13.1. The minimum atomic E-state index is 0.0529. The van der Waals surface area contributed by atoms with E-state index in [9.17, 15) is 9.90 Å². The zero-order valence-electron chi connectivity index (χ0n) is 15.9. The lowest BCUT2D eigenvalue weighted by molar-refractivity contribution is 0.0895. The smallest absolute Gasteiger partial charge is 0.166 e. The van der Waals surface area contributed by atoms with Crippen LogP contribution in [0.5, 0.6) is 11.5 Å². The van der Waals surface area contributed by atoms with Crippen molar-refractivity contribution in [2.75, 3.05) is 20.2 Å². The Hall–Kier alpha value is -2.33. The molecule has 0 spiro atoms. The van der Waals surface area contributed by atoms with Crippen molar-refractivity contribution < 1.29 is 14.6 Å². The molecule has 4 nitrogen and oxygen atoms in total. The zero-order valence-corrected chi connectivity index (χ0v) is 15.9. The number of ketones is 1. The molecule has 4 heteroatoms. The first-order valence-electron chi connectivity index (χ1n) is 9.84. The second kappa shape index (κ2) is 7.73. The van der Waals surface area contributed by atoms with Gasteiger partial charge in [0.15, 0.2) is 17.3 Å². The molecular weight excluding hydrogens is 338 g/mol. The second-order valence-corrected chi connectivity index (χ2v) is 7.89. The lowest BCUT2D eigenvalue weighted by Crippen LogP contribution is -2.34. The van der Waals surface area contributed by atoms with E-state index < -0.39 is 0 Å². The first kappa shape index (κ1) is 18.1. The molecule has 2 aromatic carbocycles. The number of ether oxygens (including phenoxy) is 1. The number of aromatic hydroxyl groups is 1. The second-order valence-electron chi connectivity index (χ2n) is 7.89. The number of hydrogen-bond donors (Lipinski definition) is 1. The summed E-state index contributed by atoms with van der Waals surface area (Å²) in [6, 6.07) is 14.0. The van der Waals surface area contributed by atoms with Gasteiger partial charge in [0.05, 0.1) is 7.11 Å². The number of rotatable bonds is 5. The molecule has 0 aromatic heterocycles. The van der Waals surface area contributed by atoms with Crippen LogP contribution in [-0.4, -0.2) is 36.0 Å². The molecule has 1 atom stereocenters. The Labute approximate surface area is 160 Å². The van der Waals surface area contributed by atoms with Crippen LogP contribution in [0.25, 0.3) is 0 Å². The Morgan fingerprint density at radius 3 is 2.59 bits per heavy atom. The van der Waals surface area contributed by atoms with Crippen LogP contribution >= 0.6 is 0 Å². The summed E-state index contributed by atoms with van der Waals surface area (Å²) in [6.07, 6.45) is 4.01. The molecule has 2 aliphatic rings. The topological polar surface area (TPSA) is 49.8 Å². The molecule has 2 aromatic rings. The van der Waals surface area contributed by atoms with Crippen LogP contribution in [0.2, 0.25) is 0 Å². The molecule has 1 aliphatic carbocycles. The van der Waals surface area contributed by atoms with Gasteiger partial charge in [-0.25, -0.2) is 0 Å². The van der Waals surface area contributed by atoms with Crippen LogP contribution in [0.15, 0.2) is 42.5 Å². The Kier molecular flexibility index (Phi) is 5.17. The summed E-state index contributed by atoms with van der Waals surface area (Å²) in [5.74, 6) is 1.39. The predicted molar refractivity (Wildman–Crippen MR) is 105 cm³/mol. The van der Waals surface area contributed by atoms with Gasteiger partial charge in [-0.05, 0) is 68.0 Å². The highest BCUT2D eigenvalue weighted by atomic mass is 16.5. The normalized spacial score (nSPS) is 20.6. The number of carbonyl (C=O) groups is 1. The van der Waals surface area contributed by atoms with E-state index in [1.807, 2.05) is 0 Å². The van der Waals surface area contributed by atoms with Gasteiger partial charge in [-0.15, -0.1) is 0 Å². The maximum Gasteiger partial charge on any atom is 0.166 e. The van der Waals surface area contributed by atoms with E-state index in [0.29, 0.717) is 11.7 Å². The summed E-state index contributed by atoms with van der Waals surface area (Å²) in [5, 5.41) is 9.98. The summed E-state index contributed by atoms with van der Waals surface area (Å²) < 4.78 is 5.16. The van der Waals surface area contributed by atoms with E-state index in [-0.39, 0.29) is 17.5 Å². The van der Waals surface area contributed by atoms with Crippen molar-refractivity contribution in [3.05, 3.63) is 59.2 Å². The Bertz CT molecular complexity index is 810. The van der Waals surface area contributed by atoms with Gasteiger partial charge in [0.25, 0.3) is 0 Å². The predicted octanol–water partition coefficient (Wildman–Crippen LogP) is 4.06. The largest absolute Gasteiger partial charge is 0.504 e. The van der Waals surface area contributed by atoms with Gasteiger partial charge < -0.3 is 9.84 Å². The number of benzene rings is 2. The number of methoxy groups -OCH3 is 1. The van der Waals surface area contributed by atoms with Gasteiger partial charge in [-0.1, -0.05) is 30.3 Å².